The first-order chi connectivity index (χ1) is 13.8. The number of nitrogens with zero attached hydrogens (tertiary/aromatic N) is 4. The summed E-state index contributed by atoms with van der Waals surface area (Å²) in [7, 11) is -3.46. The third kappa shape index (κ3) is 4.29. The van der Waals surface area contributed by atoms with Crippen LogP contribution in [0.3, 0.4) is 0 Å². The quantitative estimate of drug-likeness (QED) is 0.573. The molecule has 0 aliphatic carbocycles. The number of hydrogen-bond donors (Lipinski definition) is 0. The number of anilines is 2. The highest BCUT2D eigenvalue weighted by atomic mass is 35.5. The normalized spacial score (nSPS) is 13.7. The Kier molecular flexibility index (Phi) is 5.33. The van der Waals surface area contributed by atoms with Gasteiger partial charge in [0.1, 0.15) is 0 Å². The lowest BCUT2D eigenvalue weighted by atomic mass is 10.0. The molecular weight excluding hydrogens is 412 g/mol. The lowest BCUT2D eigenvalue weighted by Crippen LogP contribution is -2.21. The van der Waals surface area contributed by atoms with E-state index >= 15 is 0 Å². The predicted octanol–water partition coefficient (Wildman–Crippen LogP) is 3.58. The molecule has 0 atom stereocenters. The van der Waals surface area contributed by atoms with Gasteiger partial charge in [-0.1, -0.05) is 28.9 Å². The first-order valence-corrected chi connectivity index (χ1v) is 11.4. The van der Waals surface area contributed by atoms with Gasteiger partial charge in [-0.15, -0.1) is 5.10 Å². The molecule has 1 aromatic heterocycles. The van der Waals surface area contributed by atoms with Gasteiger partial charge in [0.2, 0.25) is 0 Å². The van der Waals surface area contributed by atoms with Crippen molar-refractivity contribution in [2.75, 3.05) is 24.3 Å². The van der Waals surface area contributed by atoms with Crippen LogP contribution in [0.25, 0.3) is 11.3 Å². The van der Waals surface area contributed by atoms with E-state index in [0.717, 1.165) is 40.1 Å². The van der Waals surface area contributed by atoms with Gasteiger partial charge in [0.15, 0.2) is 0 Å². The molecule has 0 saturated heterocycles. The maximum absolute atomic E-state index is 11.3. The van der Waals surface area contributed by atoms with Crippen LogP contribution < -0.4 is 4.90 Å². The van der Waals surface area contributed by atoms with E-state index in [2.05, 4.69) is 21.3 Å². The van der Waals surface area contributed by atoms with Crippen LogP contribution in [0.4, 0.5) is 11.4 Å². The maximum atomic E-state index is 11.3. The molecule has 4 rings (SSSR count). The van der Waals surface area contributed by atoms with Crippen LogP contribution in [0.5, 0.6) is 0 Å². The minimum absolute atomic E-state index is 0.108. The number of aromatic nitrogens is 3. The molecule has 9 heteroatoms. The average molecular weight is 433 g/mol. The van der Waals surface area contributed by atoms with Crippen LogP contribution >= 0.6 is 11.6 Å². The molecule has 0 amide bonds. The zero-order valence-electron chi connectivity index (χ0n) is 16.2. The zero-order valence-corrected chi connectivity index (χ0v) is 17.7. The van der Waals surface area contributed by atoms with Crippen molar-refractivity contribution in [2.45, 2.75) is 19.9 Å². The molecule has 0 N–H and O–H groups in total. The summed E-state index contributed by atoms with van der Waals surface area (Å²) in [6.07, 6.45) is 1.55. The van der Waals surface area contributed by atoms with Gasteiger partial charge in [-0.3, -0.25) is 4.18 Å². The van der Waals surface area contributed by atoms with Gasteiger partial charge in [0.25, 0.3) is 10.1 Å². The molecule has 7 nitrogen and oxygen atoms in total. The molecule has 0 fully saturated rings. The van der Waals surface area contributed by atoms with Gasteiger partial charge < -0.3 is 4.90 Å². The number of rotatable bonds is 5. The number of aryl methyl sites for hydroxylation is 1. The molecule has 1 aliphatic rings. The predicted molar refractivity (Wildman–Crippen MR) is 113 cm³/mol. The van der Waals surface area contributed by atoms with Gasteiger partial charge in [0, 0.05) is 22.8 Å². The number of hydrogen-bond acceptors (Lipinski definition) is 6. The second-order valence-corrected chi connectivity index (χ2v) is 9.08. The zero-order chi connectivity index (χ0) is 20.6. The van der Waals surface area contributed by atoms with Crippen LogP contribution in [-0.4, -0.2) is 42.8 Å². The number of fused-ring (bicyclic) bond motifs is 3. The Morgan fingerprint density at radius 3 is 2.62 bits per heavy atom. The highest BCUT2D eigenvalue weighted by Gasteiger charge is 2.24. The third-order valence-electron chi connectivity index (χ3n) is 4.87. The Hall–Kier alpha value is -2.42. The Labute approximate surface area is 175 Å². The summed E-state index contributed by atoms with van der Waals surface area (Å²) in [5.41, 5.74) is 5.94. The molecule has 0 radical (unpaired) electrons. The van der Waals surface area contributed by atoms with Gasteiger partial charge in [-0.2, -0.15) is 8.42 Å². The fraction of sp³-hybridized carbons (Fsp3) is 0.300. The van der Waals surface area contributed by atoms with E-state index in [4.69, 9.17) is 15.8 Å². The fourth-order valence-corrected chi connectivity index (χ4v) is 4.07. The van der Waals surface area contributed by atoms with Crippen molar-refractivity contribution in [1.82, 2.24) is 15.0 Å². The van der Waals surface area contributed by atoms with Crippen LogP contribution in [0.2, 0.25) is 5.02 Å². The second-order valence-electron chi connectivity index (χ2n) is 7.00. The molecule has 2 aromatic carbocycles. The summed E-state index contributed by atoms with van der Waals surface area (Å²) in [6, 6.07) is 13.8. The van der Waals surface area contributed by atoms with Crippen molar-refractivity contribution in [1.29, 1.82) is 0 Å². The standard InChI is InChI=1S/C20H21ClN4O3S/c1-14-20-18-8-3-15(9-12-28-29(2,26)27)13-19(18)24(10-11-25(20)23-22-14)17-6-4-16(21)5-7-17/h3-8,13H,9-12H2,1-2H3. The van der Waals surface area contributed by atoms with E-state index in [1.807, 2.05) is 48.0 Å². The van der Waals surface area contributed by atoms with Crippen LogP contribution in [0, 0.1) is 6.92 Å². The molecule has 3 aromatic rings. The van der Waals surface area contributed by atoms with Gasteiger partial charge in [-0.05, 0) is 49.2 Å². The minimum Gasteiger partial charge on any atom is -0.339 e. The Morgan fingerprint density at radius 1 is 1.14 bits per heavy atom. The summed E-state index contributed by atoms with van der Waals surface area (Å²) in [6.45, 7) is 3.47. The molecule has 152 valence electrons. The summed E-state index contributed by atoms with van der Waals surface area (Å²) in [5.74, 6) is 0. The lowest BCUT2D eigenvalue weighted by molar-refractivity contribution is 0.326. The molecule has 29 heavy (non-hydrogen) atoms. The van der Waals surface area contributed by atoms with E-state index < -0.39 is 10.1 Å². The van der Waals surface area contributed by atoms with Gasteiger partial charge >= 0.3 is 0 Å². The Bertz CT molecular complexity index is 1140. The van der Waals surface area contributed by atoms with Crippen LogP contribution in [0.15, 0.2) is 42.5 Å². The van der Waals surface area contributed by atoms with Crippen molar-refractivity contribution in [3.8, 4) is 11.3 Å². The smallest absolute Gasteiger partial charge is 0.264 e. The van der Waals surface area contributed by atoms with Crippen molar-refractivity contribution < 1.29 is 12.6 Å². The second kappa shape index (κ2) is 7.78. The molecule has 1 aliphatic heterocycles. The van der Waals surface area contributed by atoms with E-state index in [1.54, 1.807) is 0 Å². The van der Waals surface area contributed by atoms with E-state index in [0.29, 0.717) is 24.5 Å². The summed E-state index contributed by atoms with van der Waals surface area (Å²) >= 11 is 6.07. The van der Waals surface area contributed by atoms with E-state index in [-0.39, 0.29) is 6.61 Å². The topological polar surface area (TPSA) is 77.3 Å². The molecule has 2 heterocycles. The first kappa shape index (κ1) is 19.9. The average Bonchev–Trinajstić information content (AvgIpc) is 2.94. The molecular formula is C20H21ClN4O3S. The molecule has 0 saturated carbocycles. The van der Waals surface area contributed by atoms with Crippen LogP contribution in [0.1, 0.15) is 11.3 Å². The SMILES string of the molecule is Cc1nnn2c1-c1ccc(CCOS(C)(=O)=O)cc1N(c1ccc(Cl)cc1)CC2. The number of halogens is 1. The molecule has 0 bridgehead atoms. The van der Waals surface area contributed by atoms with Crippen molar-refractivity contribution in [3.63, 3.8) is 0 Å². The monoisotopic (exact) mass is 432 g/mol. The van der Waals surface area contributed by atoms with E-state index in [1.165, 1.54) is 0 Å². The molecule has 0 unspecified atom stereocenters. The first-order valence-electron chi connectivity index (χ1n) is 9.23. The number of benzene rings is 2. The van der Waals surface area contributed by atoms with E-state index in [9.17, 15) is 8.42 Å². The summed E-state index contributed by atoms with van der Waals surface area (Å²) in [5, 5.41) is 9.21. The third-order valence-corrected chi connectivity index (χ3v) is 5.72. The van der Waals surface area contributed by atoms with Crippen molar-refractivity contribution in [2.24, 2.45) is 0 Å². The summed E-state index contributed by atoms with van der Waals surface area (Å²) in [4.78, 5) is 2.22. The highest BCUT2D eigenvalue weighted by molar-refractivity contribution is 7.85. The van der Waals surface area contributed by atoms with Crippen molar-refractivity contribution >= 4 is 33.1 Å². The minimum atomic E-state index is -3.46. The maximum Gasteiger partial charge on any atom is 0.264 e. The Balaban J connectivity index is 1.76. The van der Waals surface area contributed by atoms with Crippen molar-refractivity contribution in [3.05, 3.63) is 58.7 Å². The lowest BCUT2D eigenvalue weighted by Gasteiger charge is -2.25. The van der Waals surface area contributed by atoms with Gasteiger partial charge in [0.05, 0.1) is 36.5 Å². The Morgan fingerprint density at radius 2 is 1.90 bits per heavy atom. The fourth-order valence-electron chi connectivity index (χ4n) is 3.56. The largest absolute Gasteiger partial charge is 0.339 e. The van der Waals surface area contributed by atoms with Crippen LogP contribution in [-0.2, 0) is 27.3 Å². The van der Waals surface area contributed by atoms with Gasteiger partial charge in [-0.25, -0.2) is 4.68 Å². The highest BCUT2D eigenvalue weighted by Crippen LogP contribution is 2.39. The molecule has 0 spiro atoms. The summed E-state index contributed by atoms with van der Waals surface area (Å²) < 4.78 is 29.3.